The van der Waals surface area contributed by atoms with Crippen LogP contribution in [0.1, 0.15) is 50.3 Å². The van der Waals surface area contributed by atoms with Crippen molar-refractivity contribution >= 4 is 43.5 Å². The summed E-state index contributed by atoms with van der Waals surface area (Å²) >= 11 is 3.51. The van der Waals surface area contributed by atoms with Crippen molar-refractivity contribution in [3.8, 4) is 0 Å². The molecular formula is C32H40BrN3O4S. The van der Waals surface area contributed by atoms with Gasteiger partial charge in [-0.25, -0.2) is 8.42 Å². The summed E-state index contributed by atoms with van der Waals surface area (Å²) < 4.78 is 27.4. The number of nitrogens with one attached hydrogen (secondary N) is 1. The summed E-state index contributed by atoms with van der Waals surface area (Å²) in [4.78, 5) is 29.2. The van der Waals surface area contributed by atoms with Crippen LogP contribution in [0.15, 0.2) is 83.3 Å². The molecule has 0 aliphatic heterocycles. The van der Waals surface area contributed by atoms with Crippen LogP contribution in [0.4, 0.5) is 5.69 Å². The van der Waals surface area contributed by atoms with E-state index in [-0.39, 0.29) is 31.3 Å². The third kappa shape index (κ3) is 10.3. The molecule has 3 rings (SSSR count). The summed E-state index contributed by atoms with van der Waals surface area (Å²) in [6.07, 6.45) is 1.90. The monoisotopic (exact) mass is 641 g/mol. The van der Waals surface area contributed by atoms with Gasteiger partial charge < -0.3 is 10.2 Å². The van der Waals surface area contributed by atoms with Crippen LogP contribution in [0.3, 0.4) is 0 Å². The van der Waals surface area contributed by atoms with E-state index in [1.54, 1.807) is 17.0 Å². The Kier molecular flexibility index (Phi) is 11.2. The molecule has 0 fully saturated rings. The van der Waals surface area contributed by atoms with Gasteiger partial charge in [0.15, 0.2) is 0 Å². The van der Waals surface area contributed by atoms with E-state index in [0.717, 1.165) is 21.2 Å². The molecule has 220 valence electrons. The highest BCUT2D eigenvalue weighted by atomic mass is 79.9. The smallest absolute Gasteiger partial charge is 0.243 e. The van der Waals surface area contributed by atoms with E-state index < -0.39 is 21.6 Å². The molecule has 0 spiro atoms. The summed E-state index contributed by atoms with van der Waals surface area (Å²) in [6.45, 7) is 8.06. The van der Waals surface area contributed by atoms with Crippen LogP contribution >= 0.6 is 15.9 Å². The van der Waals surface area contributed by atoms with Gasteiger partial charge in [0, 0.05) is 35.9 Å². The molecule has 0 unspecified atom stereocenters. The number of amides is 2. The Hall–Kier alpha value is -3.17. The van der Waals surface area contributed by atoms with E-state index in [1.807, 2.05) is 94.4 Å². The quantitative estimate of drug-likeness (QED) is 0.268. The first-order valence-electron chi connectivity index (χ1n) is 13.7. The highest BCUT2D eigenvalue weighted by molar-refractivity contribution is 9.10. The Morgan fingerprint density at radius 2 is 1.56 bits per heavy atom. The van der Waals surface area contributed by atoms with Gasteiger partial charge in [0.05, 0.1) is 11.9 Å². The fourth-order valence-electron chi connectivity index (χ4n) is 4.55. The standard InChI is InChI=1S/C32H40BrN3O4S/c1-24-16-18-28(19-17-24)36(41(5,39)40)20-10-15-30(37)35(23-26-13-9-14-27(33)21-26)29(31(38)34-32(2,3)4)22-25-11-7-6-8-12-25/h6-9,11-14,16-19,21,29H,10,15,20,22-23H2,1-5H3,(H,34,38)/t29-/m0/s1. The van der Waals surface area contributed by atoms with Crippen LogP contribution in [-0.4, -0.2) is 49.5 Å². The highest BCUT2D eigenvalue weighted by Crippen LogP contribution is 2.22. The molecule has 0 bridgehead atoms. The second-order valence-electron chi connectivity index (χ2n) is 11.4. The van der Waals surface area contributed by atoms with Crippen molar-refractivity contribution in [1.29, 1.82) is 0 Å². The SMILES string of the molecule is Cc1ccc(N(CCCC(=O)N(Cc2cccc(Br)c2)[C@@H](Cc2ccccc2)C(=O)NC(C)(C)C)S(C)(=O)=O)cc1. The molecule has 1 atom stereocenters. The fraction of sp³-hybridized carbons (Fsp3) is 0.375. The lowest BCUT2D eigenvalue weighted by Crippen LogP contribution is -2.54. The van der Waals surface area contributed by atoms with Crippen molar-refractivity contribution in [2.75, 3.05) is 17.1 Å². The Labute approximate surface area is 253 Å². The molecule has 41 heavy (non-hydrogen) atoms. The van der Waals surface area contributed by atoms with Crippen LogP contribution in [0, 0.1) is 6.92 Å². The number of hydrogen-bond donors (Lipinski definition) is 1. The van der Waals surface area contributed by atoms with Crippen LogP contribution in [0.25, 0.3) is 0 Å². The van der Waals surface area contributed by atoms with Crippen molar-refractivity contribution in [3.05, 3.63) is 100 Å². The van der Waals surface area contributed by atoms with Gasteiger partial charge in [0.2, 0.25) is 21.8 Å². The Balaban J connectivity index is 1.90. The second kappa shape index (κ2) is 14.1. The maximum absolute atomic E-state index is 13.9. The minimum Gasteiger partial charge on any atom is -0.350 e. The van der Waals surface area contributed by atoms with E-state index in [9.17, 15) is 18.0 Å². The number of carbonyl (C=O) groups excluding carboxylic acids is 2. The maximum Gasteiger partial charge on any atom is 0.243 e. The topological polar surface area (TPSA) is 86.8 Å². The minimum atomic E-state index is -3.55. The number of benzene rings is 3. The molecule has 0 aromatic heterocycles. The summed E-state index contributed by atoms with van der Waals surface area (Å²) in [5.41, 5.74) is 2.92. The molecule has 0 saturated carbocycles. The normalized spacial score (nSPS) is 12.4. The number of hydrogen-bond acceptors (Lipinski definition) is 4. The van der Waals surface area contributed by atoms with Crippen LogP contribution in [0.5, 0.6) is 0 Å². The predicted molar refractivity (Wildman–Crippen MR) is 169 cm³/mol. The first-order chi connectivity index (χ1) is 19.2. The van der Waals surface area contributed by atoms with Crippen molar-refractivity contribution in [2.24, 2.45) is 0 Å². The number of carbonyl (C=O) groups is 2. The van der Waals surface area contributed by atoms with Crippen molar-refractivity contribution in [2.45, 2.75) is 65.1 Å². The van der Waals surface area contributed by atoms with Gasteiger partial charge in [-0.3, -0.25) is 13.9 Å². The average Bonchev–Trinajstić information content (AvgIpc) is 2.88. The molecule has 2 amide bonds. The van der Waals surface area contributed by atoms with Crippen LogP contribution in [-0.2, 0) is 32.6 Å². The van der Waals surface area contributed by atoms with Gasteiger partial charge >= 0.3 is 0 Å². The van der Waals surface area contributed by atoms with Gasteiger partial charge in [-0.05, 0) is 69.5 Å². The number of halogens is 1. The largest absolute Gasteiger partial charge is 0.350 e. The summed E-state index contributed by atoms with van der Waals surface area (Å²) in [5.74, 6) is -0.450. The summed E-state index contributed by atoms with van der Waals surface area (Å²) in [7, 11) is -3.55. The molecule has 3 aromatic carbocycles. The Morgan fingerprint density at radius 1 is 0.927 bits per heavy atom. The molecule has 0 saturated heterocycles. The lowest BCUT2D eigenvalue weighted by atomic mass is 10.00. The van der Waals surface area contributed by atoms with E-state index in [0.29, 0.717) is 18.5 Å². The van der Waals surface area contributed by atoms with Crippen LogP contribution < -0.4 is 9.62 Å². The molecule has 1 N–H and O–H groups in total. The minimum absolute atomic E-state index is 0.0833. The predicted octanol–water partition coefficient (Wildman–Crippen LogP) is 5.86. The van der Waals surface area contributed by atoms with Gasteiger partial charge in [-0.2, -0.15) is 0 Å². The van der Waals surface area contributed by atoms with E-state index in [1.165, 1.54) is 10.6 Å². The van der Waals surface area contributed by atoms with Gasteiger partial charge in [0.1, 0.15) is 6.04 Å². The Morgan fingerprint density at radius 3 is 2.15 bits per heavy atom. The molecular weight excluding hydrogens is 602 g/mol. The van der Waals surface area contributed by atoms with Gasteiger partial charge in [-0.1, -0.05) is 76.1 Å². The zero-order valence-electron chi connectivity index (χ0n) is 24.4. The summed E-state index contributed by atoms with van der Waals surface area (Å²) in [6, 6.07) is 23.8. The molecule has 9 heteroatoms. The highest BCUT2D eigenvalue weighted by Gasteiger charge is 2.32. The van der Waals surface area contributed by atoms with Gasteiger partial charge in [-0.15, -0.1) is 0 Å². The third-order valence-electron chi connectivity index (χ3n) is 6.49. The number of sulfonamides is 1. The van der Waals surface area contributed by atoms with Crippen molar-refractivity contribution in [1.82, 2.24) is 10.2 Å². The molecule has 3 aromatic rings. The zero-order valence-corrected chi connectivity index (χ0v) is 26.8. The van der Waals surface area contributed by atoms with Crippen molar-refractivity contribution in [3.63, 3.8) is 0 Å². The molecule has 7 nitrogen and oxygen atoms in total. The molecule has 0 aliphatic rings. The third-order valence-corrected chi connectivity index (χ3v) is 8.17. The lowest BCUT2D eigenvalue weighted by Gasteiger charge is -2.34. The zero-order chi connectivity index (χ0) is 30.2. The van der Waals surface area contributed by atoms with E-state index in [2.05, 4.69) is 21.2 Å². The first-order valence-corrected chi connectivity index (χ1v) is 16.3. The summed E-state index contributed by atoms with van der Waals surface area (Å²) in [5, 5.41) is 3.06. The number of anilines is 1. The van der Waals surface area contributed by atoms with E-state index >= 15 is 0 Å². The second-order valence-corrected chi connectivity index (χ2v) is 14.2. The number of nitrogens with zero attached hydrogens (tertiary/aromatic N) is 2. The molecule has 0 aliphatic carbocycles. The fourth-order valence-corrected chi connectivity index (χ4v) is 5.97. The van der Waals surface area contributed by atoms with Crippen molar-refractivity contribution < 1.29 is 18.0 Å². The average molecular weight is 643 g/mol. The first kappa shape index (κ1) is 32.3. The van der Waals surface area contributed by atoms with E-state index in [4.69, 9.17) is 0 Å². The molecule has 0 radical (unpaired) electrons. The maximum atomic E-state index is 13.9. The molecule has 0 heterocycles. The lowest BCUT2D eigenvalue weighted by molar-refractivity contribution is -0.142. The number of rotatable bonds is 12. The van der Waals surface area contributed by atoms with Gasteiger partial charge in [0.25, 0.3) is 0 Å². The Bertz CT molecular complexity index is 1420. The van der Waals surface area contributed by atoms with Crippen LogP contribution in [0.2, 0.25) is 0 Å². The number of aryl methyl sites for hydroxylation is 1.